The SMILES string of the molecule is C=C1C2CCCCN2C(=C)N1c1cc(SC2CCCC2)c(Cl)cc1F. The Hall–Kier alpha value is -1.13. The van der Waals surface area contributed by atoms with E-state index in [0.29, 0.717) is 16.0 Å². The molecule has 134 valence electrons. The van der Waals surface area contributed by atoms with Gasteiger partial charge in [0, 0.05) is 22.4 Å². The number of hydrogen-bond donors (Lipinski definition) is 0. The van der Waals surface area contributed by atoms with Gasteiger partial charge in [0.25, 0.3) is 0 Å². The summed E-state index contributed by atoms with van der Waals surface area (Å²) in [5, 5.41) is 1.10. The fourth-order valence-corrected chi connectivity index (χ4v) is 5.85. The number of halogens is 2. The summed E-state index contributed by atoms with van der Waals surface area (Å²) in [7, 11) is 0. The maximum absolute atomic E-state index is 14.8. The van der Waals surface area contributed by atoms with Crippen LogP contribution in [-0.2, 0) is 0 Å². The molecule has 1 aliphatic carbocycles. The lowest BCUT2D eigenvalue weighted by Gasteiger charge is -2.30. The number of rotatable bonds is 3. The number of benzene rings is 1. The molecule has 0 spiro atoms. The highest BCUT2D eigenvalue weighted by molar-refractivity contribution is 8.00. The number of thioether (sulfide) groups is 1. The highest BCUT2D eigenvalue weighted by Gasteiger charge is 2.39. The molecule has 2 heterocycles. The molecule has 25 heavy (non-hydrogen) atoms. The van der Waals surface area contributed by atoms with Gasteiger partial charge in [-0.15, -0.1) is 11.8 Å². The molecule has 1 unspecified atom stereocenters. The van der Waals surface area contributed by atoms with Gasteiger partial charge in [0.2, 0.25) is 0 Å². The first-order chi connectivity index (χ1) is 12.1. The molecule has 2 aliphatic heterocycles. The molecule has 1 aromatic rings. The average Bonchev–Trinajstić information content (AvgIpc) is 3.19. The molecular weight excluding hydrogens is 355 g/mol. The van der Waals surface area contributed by atoms with E-state index >= 15 is 0 Å². The van der Waals surface area contributed by atoms with Crippen molar-refractivity contribution < 1.29 is 4.39 Å². The maximum atomic E-state index is 14.8. The second kappa shape index (κ2) is 6.88. The van der Waals surface area contributed by atoms with Crippen LogP contribution in [0.25, 0.3) is 0 Å². The number of hydrogen-bond acceptors (Lipinski definition) is 3. The van der Waals surface area contributed by atoms with Crippen LogP contribution >= 0.6 is 23.4 Å². The van der Waals surface area contributed by atoms with Crippen molar-refractivity contribution in [1.29, 1.82) is 0 Å². The number of anilines is 1. The van der Waals surface area contributed by atoms with Crippen LogP contribution in [0, 0.1) is 5.82 Å². The summed E-state index contributed by atoms with van der Waals surface area (Å²) < 4.78 is 14.8. The number of nitrogens with zero attached hydrogens (tertiary/aromatic N) is 2. The van der Waals surface area contributed by atoms with Crippen LogP contribution in [0.15, 0.2) is 41.7 Å². The van der Waals surface area contributed by atoms with Crippen molar-refractivity contribution in [2.75, 3.05) is 11.4 Å². The highest BCUT2D eigenvalue weighted by Crippen LogP contribution is 2.45. The third-order valence-corrected chi connectivity index (χ3v) is 7.42. The fraction of sp³-hybridized carbons (Fsp3) is 0.500. The Kier molecular flexibility index (Phi) is 4.76. The van der Waals surface area contributed by atoms with Crippen molar-refractivity contribution in [3.8, 4) is 0 Å². The number of piperidine rings is 1. The van der Waals surface area contributed by atoms with Gasteiger partial charge in [-0.2, -0.15) is 0 Å². The van der Waals surface area contributed by atoms with E-state index in [1.54, 1.807) is 11.8 Å². The molecule has 0 amide bonds. The van der Waals surface area contributed by atoms with Gasteiger partial charge in [-0.05, 0) is 44.2 Å². The van der Waals surface area contributed by atoms with Crippen molar-refractivity contribution in [1.82, 2.24) is 4.90 Å². The van der Waals surface area contributed by atoms with Crippen LogP contribution in [0.5, 0.6) is 0 Å². The maximum Gasteiger partial charge on any atom is 0.148 e. The molecule has 1 saturated carbocycles. The minimum absolute atomic E-state index is 0.252. The zero-order chi connectivity index (χ0) is 17.6. The first kappa shape index (κ1) is 17.3. The zero-order valence-corrected chi connectivity index (χ0v) is 16.0. The van der Waals surface area contributed by atoms with Crippen molar-refractivity contribution in [2.24, 2.45) is 0 Å². The van der Waals surface area contributed by atoms with E-state index in [9.17, 15) is 4.39 Å². The van der Waals surface area contributed by atoms with Gasteiger partial charge >= 0.3 is 0 Å². The molecule has 3 aliphatic rings. The molecule has 4 rings (SSSR count). The fourth-order valence-electron chi connectivity index (χ4n) is 4.29. The van der Waals surface area contributed by atoms with Gasteiger partial charge < -0.3 is 4.90 Å². The van der Waals surface area contributed by atoms with Crippen LogP contribution in [0.2, 0.25) is 5.02 Å². The first-order valence-corrected chi connectivity index (χ1v) is 10.4. The second-order valence-corrected chi connectivity index (χ2v) is 8.96. The molecule has 1 aromatic carbocycles. The standard InChI is InChI=1S/C20H24ClFN2S/c1-13-18-9-5-6-10-23(18)14(2)24(13)19-12-20(16(21)11-17(19)22)25-15-7-3-4-8-15/h11-12,15,18H,1-10H2. The quantitative estimate of drug-likeness (QED) is 0.620. The average molecular weight is 379 g/mol. The Morgan fingerprint density at radius 2 is 1.80 bits per heavy atom. The van der Waals surface area contributed by atoms with Crippen LogP contribution in [0.4, 0.5) is 10.1 Å². The predicted molar refractivity (Wildman–Crippen MR) is 105 cm³/mol. The van der Waals surface area contributed by atoms with E-state index in [-0.39, 0.29) is 11.9 Å². The van der Waals surface area contributed by atoms with Gasteiger partial charge in [-0.3, -0.25) is 4.90 Å². The summed E-state index contributed by atoms with van der Waals surface area (Å²) in [6, 6.07) is 3.60. The second-order valence-electron chi connectivity index (χ2n) is 7.21. The molecule has 2 saturated heterocycles. The van der Waals surface area contributed by atoms with E-state index in [1.165, 1.54) is 38.2 Å². The third-order valence-electron chi connectivity index (χ3n) is 5.60. The largest absolute Gasteiger partial charge is 0.350 e. The monoisotopic (exact) mass is 378 g/mol. The van der Waals surface area contributed by atoms with E-state index in [2.05, 4.69) is 18.1 Å². The van der Waals surface area contributed by atoms with Crippen molar-refractivity contribution in [3.63, 3.8) is 0 Å². The zero-order valence-electron chi connectivity index (χ0n) is 14.4. The molecule has 0 aromatic heterocycles. The van der Waals surface area contributed by atoms with Crippen molar-refractivity contribution in [3.05, 3.63) is 47.6 Å². The minimum Gasteiger partial charge on any atom is -0.350 e. The van der Waals surface area contributed by atoms with E-state index in [4.69, 9.17) is 11.6 Å². The normalized spacial score (nSPS) is 24.3. The smallest absolute Gasteiger partial charge is 0.148 e. The predicted octanol–water partition coefficient (Wildman–Crippen LogP) is 6.17. The molecule has 0 radical (unpaired) electrons. The van der Waals surface area contributed by atoms with Gasteiger partial charge in [-0.1, -0.05) is 37.6 Å². The van der Waals surface area contributed by atoms with Crippen molar-refractivity contribution >= 4 is 29.1 Å². The number of fused-ring (bicyclic) bond motifs is 1. The lowest BCUT2D eigenvalue weighted by Crippen LogP contribution is -2.33. The molecule has 0 N–H and O–H groups in total. The molecular formula is C20H24ClFN2S. The molecule has 3 fully saturated rings. The summed E-state index contributed by atoms with van der Waals surface area (Å²) in [4.78, 5) is 5.14. The van der Waals surface area contributed by atoms with Crippen molar-refractivity contribution in [2.45, 2.75) is 61.1 Å². The molecule has 5 heteroatoms. The van der Waals surface area contributed by atoms with Crippen LogP contribution in [-0.4, -0.2) is 22.7 Å². The molecule has 2 nitrogen and oxygen atoms in total. The third kappa shape index (κ3) is 3.08. The highest BCUT2D eigenvalue weighted by atomic mass is 35.5. The van der Waals surface area contributed by atoms with E-state index in [1.807, 2.05) is 11.0 Å². The Morgan fingerprint density at radius 3 is 2.52 bits per heavy atom. The van der Waals surface area contributed by atoms with Gasteiger partial charge in [0.15, 0.2) is 0 Å². The van der Waals surface area contributed by atoms with Crippen LogP contribution in [0.3, 0.4) is 0 Å². The van der Waals surface area contributed by atoms with E-state index < -0.39 is 0 Å². The molecule has 0 bridgehead atoms. The van der Waals surface area contributed by atoms with E-state index in [0.717, 1.165) is 35.8 Å². The topological polar surface area (TPSA) is 6.48 Å². The Labute approximate surface area is 158 Å². The van der Waals surface area contributed by atoms with Gasteiger partial charge in [0.05, 0.1) is 16.8 Å². The lowest BCUT2D eigenvalue weighted by atomic mass is 10.0. The Balaban J connectivity index is 1.67. The summed E-state index contributed by atoms with van der Waals surface area (Å²) >= 11 is 8.14. The van der Waals surface area contributed by atoms with Crippen LogP contribution in [0.1, 0.15) is 44.9 Å². The van der Waals surface area contributed by atoms with Gasteiger partial charge in [-0.25, -0.2) is 4.39 Å². The minimum atomic E-state index is -0.303. The summed E-state index contributed by atoms with van der Waals surface area (Å²) in [5.74, 6) is 0.538. The summed E-state index contributed by atoms with van der Waals surface area (Å²) in [5.41, 5.74) is 1.47. The summed E-state index contributed by atoms with van der Waals surface area (Å²) in [6.07, 6.45) is 8.39. The van der Waals surface area contributed by atoms with Gasteiger partial charge in [0.1, 0.15) is 11.6 Å². The Morgan fingerprint density at radius 1 is 1.08 bits per heavy atom. The Bertz CT molecular complexity index is 690. The molecule has 1 atom stereocenters. The summed E-state index contributed by atoms with van der Waals surface area (Å²) in [6.45, 7) is 9.46. The van der Waals surface area contributed by atoms with Crippen LogP contribution < -0.4 is 4.90 Å². The first-order valence-electron chi connectivity index (χ1n) is 9.16. The lowest BCUT2D eigenvalue weighted by molar-refractivity contribution is 0.250.